The third kappa shape index (κ3) is 2.97. The fourth-order valence-electron chi connectivity index (χ4n) is 8.92. The molecular formula is C45H26S. The molecule has 0 bridgehead atoms. The minimum atomic E-state index is -0.401. The van der Waals surface area contributed by atoms with Gasteiger partial charge in [-0.3, -0.25) is 0 Å². The molecule has 3 aliphatic rings. The van der Waals surface area contributed by atoms with Gasteiger partial charge in [0.05, 0.1) is 5.41 Å². The Morgan fingerprint density at radius 1 is 0.391 bits per heavy atom. The molecule has 0 saturated heterocycles. The van der Waals surface area contributed by atoms with Crippen LogP contribution in [0.25, 0.3) is 66.1 Å². The summed E-state index contributed by atoms with van der Waals surface area (Å²) >= 11 is 1.89. The molecule has 1 unspecified atom stereocenters. The van der Waals surface area contributed by atoms with Gasteiger partial charge < -0.3 is 0 Å². The first-order valence-corrected chi connectivity index (χ1v) is 16.8. The second-order valence-electron chi connectivity index (χ2n) is 12.8. The summed E-state index contributed by atoms with van der Waals surface area (Å²) in [6.07, 6.45) is 0. The van der Waals surface area contributed by atoms with E-state index < -0.39 is 5.41 Å². The predicted molar refractivity (Wildman–Crippen MR) is 193 cm³/mol. The van der Waals surface area contributed by atoms with Crippen molar-refractivity contribution >= 4 is 33.3 Å². The van der Waals surface area contributed by atoms with E-state index in [4.69, 9.17) is 0 Å². The van der Waals surface area contributed by atoms with Gasteiger partial charge >= 0.3 is 0 Å². The summed E-state index contributed by atoms with van der Waals surface area (Å²) in [5.74, 6) is 0. The van der Waals surface area contributed by atoms with Crippen LogP contribution >= 0.6 is 11.8 Å². The lowest BCUT2D eigenvalue weighted by atomic mass is 9.69. The van der Waals surface area contributed by atoms with Crippen molar-refractivity contribution in [3.63, 3.8) is 0 Å². The molecule has 0 N–H and O–H groups in total. The molecule has 8 aromatic carbocycles. The highest BCUT2D eigenvalue weighted by Crippen LogP contribution is 2.64. The van der Waals surface area contributed by atoms with E-state index in [0.717, 1.165) is 0 Å². The second-order valence-corrected chi connectivity index (χ2v) is 13.8. The normalized spacial score (nSPS) is 16.3. The van der Waals surface area contributed by atoms with Gasteiger partial charge in [0.25, 0.3) is 0 Å². The molecule has 0 radical (unpaired) electrons. The molecule has 2 aliphatic carbocycles. The van der Waals surface area contributed by atoms with E-state index in [-0.39, 0.29) is 0 Å². The molecule has 212 valence electrons. The fraction of sp³-hybridized carbons (Fsp3) is 0.0222. The quantitative estimate of drug-likeness (QED) is 0.181. The fourth-order valence-corrected chi connectivity index (χ4v) is 10.0. The average Bonchev–Trinajstić information content (AvgIpc) is 3.59. The van der Waals surface area contributed by atoms with Gasteiger partial charge in [0.2, 0.25) is 0 Å². The Kier molecular flexibility index (Phi) is 4.80. The topological polar surface area (TPSA) is 0 Å². The monoisotopic (exact) mass is 598 g/mol. The summed E-state index contributed by atoms with van der Waals surface area (Å²) in [6.45, 7) is 0. The van der Waals surface area contributed by atoms with E-state index in [1.807, 2.05) is 11.8 Å². The number of hydrogen-bond acceptors (Lipinski definition) is 1. The summed E-state index contributed by atoms with van der Waals surface area (Å²) in [7, 11) is 0. The lowest BCUT2D eigenvalue weighted by Crippen LogP contribution is -2.26. The van der Waals surface area contributed by atoms with E-state index in [0.29, 0.717) is 0 Å². The highest BCUT2D eigenvalue weighted by Gasteiger charge is 2.52. The van der Waals surface area contributed by atoms with Crippen molar-refractivity contribution in [2.75, 3.05) is 0 Å². The Balaban J connectivity index is 1.28. The van der Waals surface area contributed by atoms with E-state index in [2.05, 4.69) is 158 Å². The van der Waals surface area contributed by atoms with Gasteiger partial charge in [-0.2, -0.15) is 0 Å². The van der Waals surface area contributed by atoms with Crippen molar-refractivity contribution in [1.82, 2.24) is 0 Å². The summed E-state index contributed by atoms with van der Waals surface area (Å²) < 4.78 is 0. The number of benzene rings is 8. The molecule has 1 heterocycles. The molecule has 0 amide bonds. The van der Waals surface area contributed by atoms with Crippen molar-refractivity contribution in [2.24, 2.45) is 0 Å². The SMILES string of the molecule is c1ccc2c(c1)Sc1cccc3ccc(-c4ccc5c(c4)C4(c6ccccc6-5)c5ccccc5-c5ccc6ccccc6c54)c-2c13. The highest BCUT2D eigenvalue weighted by molar-refractivity contribution is 7.99. The molecular weight excluding hydrogens is 573 g/mol. The van der Waals surface area contributed by atoms with Crippen LogP contribution in [-0.4, -0.2) is 0 Å². The van der Waals surface area contributed by atoms with Crippen molar-refractivity contribution < 1.29 is 0 Å². The van der Waals surface area contributed by atoms with Crippen molar-refractivity contribution in [3.05, 3.63) is 180 Å². The van der Waals surface area contributed by atoms with Crippen LogP contribution in [0.1, 0.15) is 22.3 Å². The van der Waals surface area contributed by atoms with Crippen LogP contribution in [0, 0.1) is 0 Å². The lowest BCUT2D eigenvalue weighted by Gasteiger charge is -2.32. The number of rotatable bonds is 1. The molecule has 0 aromatic heterocycles. The van der Waals surface area contributed by atoms with Gasteiger partial charge in [-0.25, -0.2) is 0 Å². The molecule has 0 fully saturated rings. The van der Waals surface area contributed by atoms with Crippen molar-refractivity contribution in [2.45, 2.75) is 15.2 Å². The summed E-state index contributed by atoms with van der Waals surface area (Å²) in [5, 5.41) is 5.29. The molecule has 1 heteroatoms. The maximum atomic E-state index is 2.54. The first-order valence-electron chi connectivity index (χ1n) is 16.0. The maximum Gasteiger partial charge on any atom is 0.0731 e. The number of fused-ring (bicyclic) bond motifs is 14. The Morgan fingerprint density at radius 3 is 1.87 bits per heavy atom. The zero-order chi connectivity index (χ0) is 30.0. The molecule has 46 heavy (non-hydrogen) atoms. The van der Waals surface area contributed by atoms with E-state index >= 15 is 0 Å². The van der Waals surface area contributed by atoms with E-state index in [1.54, 1.807) is 0 Å². The average molecular weight is 599 g/mol. The van der Waals surface area contributed by atoms with Gasteiger partial charge in [0, 0.05) is 15.2 Å². The molecule has 8 aromatic rings. The molecule has 11 rings (SSSR count). The Morgan fingerprint density at radius 2 is 1.00 bits per heavy atom. The van der Waals surface area contributed by atoms with Crippen LogP contribution in [-0.2, 0) is 5.41 Å². The summed E-state index contributed by atoms with van der Waals surface area (Å²) in [4.78, 5) is 2.66. The Labute approximate surface area is 272 Å². The van der Waals surface area contributed by atoms with Crippen LogP contribution in [0.5, 0.6) is 0 Å². The Bertz CT molecular complexity index is 2610. The van der Waals surface area contributed by atoms with Crippen LogP contribution < -0.4 is 0 Å². The third-order valence-electron chi connectivity index (χ3n) is 10.7. The first kappa shape index (κ1) is 24.9. The molecule has 0 nitrogen and oxygen atoms in total. The zero-order valence-electron chi connectivity index (χ0n) is 24.9. The minimum absolute atomic E-state index is 0.401. The van der Waals surface area contributed by atoms with Crippen LogP contribution in [0.15, 0.2) is 168 Å². The van der Waals surface area contributed by atoms with Gasteiger partial charge in [-0.05, 0) is 101 Å². The second kappa shape index (κ2) is 8.88. The molecule has 0 saturated carbocycles. The maximum absolute atomic E-state index is 2.54. The smallest absolute Gasteiger partial charge is 0.0731 e. The Hall–Kier alpha value is -5.37. The first-order chi connectivity index (χ1) is 22.8. The molecule has 1 aliphatic heterocycles. The van der Waals surface area contributed by atoms with Crippen LogP contribution in [0.2, 0.25) is 0 Å². The zero-order valence-corrected chi connectivity index (χ0v) is 25.7. The largest absolute Gasteiger partial charge is 0.0888 e. The van der Waals surface area contributed by atoms with Crippen molar-refractivity contribution in [1.29, 1.82) is 0 Å². The summed E-state index contributed by atoms with van der Waals surface area (Å²) in [6, 6.07) is 59.5. The standard InChI is InChI=1S/C45H26S/c1-2-12-31-27(10-1)20-25-35-33-14-4-7-17-38(33)45(44(31)35)37-16-6-3-13-32(37)34-24-22-29(26-39(34)45)30-23-21-28-11-9-19-41-42(28)43(30)36-15-5-8-18-40(36)46-41/h1-26H. The predicted octanol–water partition coefficient (Wildman–Crippen LogP) is 12.1. The number of hydrogen-bond donors (Lipinski definition) is 0. The summed E-state index contributed by atoms with van der Waals surface area (Å²) in [5.41, 5.74) is 15.8. The van der Waals surface area contributed by atoms with Gasteiger partial charge in [-0.1, -0.05) is 151 Å². The third-order valence-corrected chi connectivity index (χ3v) is 11.8. The molecule has 1 spiro atoms. The molecule has 1 atom stereocenters. The van der Waals surface area contributed by atoms with E-state index in [9.17, 15) is 0 Å². The van der Waals surface area contributed by atoms with Crippen LogP contribution in [0.3, 0.4) is 0 Å². The van der Waals surface area contributed by atoms with Crippen molar-refractivity contribution in [3.8, 4) is 44.5 Å². The van der Waals surface area contributed by atoms with Gasteiger partial charge in [0.15, 0.2) is 0 Å². The van der Waals surface area contributed by atoms with Crippen LogP contribution in [0.4, 0.5) is 0 Å². The highest BCUT2D eigenvalue weighted by atomic mass is 32.2. The minimum Gasteiger partial charge on any atom is -0.0888 e. The lowest BCUT2D eigenvalue weighted by molar-refractivity contribution is 0.801. The van der Waals surface area contributed by atoms with E-state index in [1.165, 1.54) is 98.1 Å². The van der Waals surface area contributed by atoms with Gasteiger partial charge in [-0.15, -0.1) is 0 Å². The van der Waals surface area contributed by atoms with Gasteiger partial charge in [0.1, 0.15) is 0 Å².